The van der Waals surface area contributed by atoms with Crippen molar-refractivity contribution < 1.29 is 13.2 Å². The molecule has 0 spiro atoms. The summed E-state index contributed by atoms with van der Waals surface area (Å²) in [6.07, 6.45) is 3.34. The Kier molecular flexibility index (Phi) is 4.92. The summed E-state index contributed by atoms with van der Waals surface area (Å²) in [7, 11) is -3.63. The van der Waals surface area contributed by atoms with Gasteiger partial charge in [0, 0.05) is 18.7 Å². The van der Waals surface area contributed by atoms with E-state index in [4.69, 9.17) is 0 Å². The lowest BCUT2D eigenvalue weighted by Crippen LogP contribution is -2.27. The largest absolute Gasteiger partial charge is 0.326 e. The lowest BCUT2D eigenvalue weighted by atomic mass is 10.0. The average Bonchev–Trinajstić information content (AvgIpc) is 3.02. The van der Waals surface area contributed by atoms with E-state index in [2.05, 4.69) is 22.2 Å². The van der Waals surface area contributed by atoms with E-state index in [0.717, 1.165) is 18.4 Å². The molecule has 5 nitrogen and oxygen atoms in total. The van der Waals surface area contributed by atoms with Crippen molar-refractivity contribution in [3.8, 4) is 0 Å². The summed E-state index contributed by atoms with van der Waals surface area (Å²) in [6.45, 7) is 3.25. The number of nitrogens with one attached hydrogen (secondary N) is 2. The first-order valence-corrected chi connectivity index (χ1v) is 9.85. The second-order valence-electron chi connectivity index (χ2n) is 6.43. The molecule has 0 heterocycles. The smallest absolute Gasteiger partial charge is 0.241 e. The van der Waals surface area contributed by atoms with Gasteiger partial charge < -0.3 is 5.32 Å². The number of sulfonamides is 1. The Morgan fingerprint density at radius 1 is 1.04 bits per heavy atom. The van der Waals surface area contributed by atoms with Gasteiger partial charge in [0.05, 0.1) is 4.90 Å². The summed E-state index contributed by atoms with van der Waals surface area (Å²) < 4.78 is 27.9. The number of benzene rings is 2. The quantitative estimate of drug-likeness (QED) is 0.862. The van der Waals surface area contributed by atoms with Crippen LogP contribution in [0.5, 0.6) is 0 Å². The molecule has 2 aromatic rings. The minimum absolute atomic E-state index is 0.176. The molecular formula is C19H22N2O3S. The van der Waals surface area contributed by atoms with E-state index in [1.807, 2.05) is 13.0 Å². The number of aryl methyl sites for hydroxylation is 2. The van der Waals surface area contributed by atoms with Crippen LogP contribution in [0, 0.1) is 0 Å². The molecule has 0 aromatic heterocycles. The highest BCUT2D eigenvalue weighted by Gasteiger charge is 2.20. The van der Waals surface area contributed by atoms with E-state index in [0.29, 0.717) is 5.69 Å². The maximum absolute atomic E-state index is 12.6. The minimum atomic E-state index is -3.63. The van der Waals surface area contributed by atoms with Crippen LogP contribution in [0.1, 0.15) is 43.0 Å². The summed E-state index contributed by atoms with van der Waals surface area (Å²) in [6, 6.07) is 12.0. The minimum Gasteiger partial charge on any atom is -0.326 e. The van der Waals surface area contributed by atoms with Gasteiger partial charge in [0.15, 0.2) is 0 Å². The van der Waals surface area contributed by atoms with E-state index in [-0.39, 0.29) is 16.8 Å². The van der Waals surface area contributed by atoms with Gasteiger partial charge in [0.25, 0.3) is 0 Å². The molecule has 3 rings (SSSR count). The Morgan fingerprint density at radius 2 is 1.72 bits per heavy atom. The van der Waals surface area contributed by atoms with Crippen LogP contribution in [0.4, 0.5) is 5.69 Å². The van der Waals surface area contributed by atoms with Gasteiger partial charge in [-0.15, -0.1) is 0 Å². The maximum atomic E-state index is 12.6. The van der Waals surface area contributed by atoms with Crippen molar-refractivity contribution in [1.82, 2.24) is 4.72 Å². The highest BCUT2D eigenvalue weighted by atomic mass is 32.2. The van der Waals surface area contributed by atoms with Gasteiger partial charge in [0.2, 0.25) is 15.9 Å². The summed E-state index contributed by atoms with van der Waals surface area (Å²) >= 11 is 0. The zero-order chi connectivity index (χ0) is 18.0. The van der Waals surface area contributed by atoms with Crippen LogP contribution in [0.15, 0.2) is 47.4 Å². The Hall–Kier alpha value is -2.18. The molecule has 0 saturated carbocycles. The van der Waals surface area contributed by atoms with Crippen LogP contribution in [0.25, 0.3) is 0 Å². The second kappa shape index (κ2) is 6.98. The van der Waals surface area contributed by atoms with Crippen LogP contribution in [0.3, 0.4) is 0 Å². The number of anilines is 1. The van der Waals surface area contributed by atoms with Crippen molar-refractivity contribution in [3.63, 3.8) is 0 Å². The molecule has 2 N–H and O–H groups in total. The Morgan fingerprint density at radius 3 is 2.40 bits per heavy atom. The fourth-order valence-electron chi connectivity index (χ4n) is 3.15. The molecule has 0 fully saturated rings. The first-order valence-electron chi connectivity index (χ1n) is 8.37. The van der Waals surface area contributed by atoms with Crippen molar-refractivity contribution in [3.05, 3.63) is 59.2 Å². The molecule has 1 amide bonds. The molecule has 0 saturated heterocycles. The van der Waals surface area contributed by atoms with Crippen molar-refractivity contribution in [2.75, 3.05) is 5.32 Å². The zero-order valence-electron chi connectivity index (χ0n) is 14.4. The topological polar surface area (TPSA) is 75.3 Å². The van der Waals surface area contributed by atoms with E-state index in [9.17, 15) is 13.2 Å². The fraction of sp³-hybridized carbons (Fsp3) is 0.316. The third kappa shape index (κ3) is 4.08. The molecule has 0 radical (unpaired) electrons. The fourth-order valence-corrected chi connectivity index (χ4v) is 4.38. The molecule has 2 aromatic carbocycles. The van der Waals surface area contributed by atoms with E-state index in [1.165, 1.54) is 36.6 Å². The lowest BCUT2D eigenvalue weighted by Gasteiger charge is -2.16. The Balaban J connectivity index is 1.75. The van der Waals surface area contributed by atoms with E-state index in [1.54, 1.807) is 12.1 Å². The van der Waals surface area contributed by atoms with Gasteiger partial charge in [-0.3, -0.25) is 4.79 Å². The molecule has 0 aliphatic heterocycles. The third-order valence-electron chi connectivity index (χ3n) is 4.44. The Bertz CT molecular complexity index is 889. The van der Waals surface area contributed by atoms with E-state index >= 15 is 0 Å². The summed E-state index contributed by atoms with van der Waals surface area (Å²) in [5, 5.41) is 2.62. The van der Waals surface area contributed by atoms with Crippen molar-refractivity contribution >= 4 is 21.6 Å². The highest BCUT2D eigenvalue weighted by molar-refractivity contribution is 7.89. The van der Waals surface area contributed by atoms with Gasteiger partial charge in [-0.2, -0.15) is 0 Å². The normalized spacial score (nSPS) is 14.8. The first kappa shape index (κ1) is 17.6. The number of carbonyl (C=O) groups excluding carboxylic acids is 1. The monoisotopic (exact) mass is 358 g/mol. The maximum Gasteiger partial charge on any atom is 0.241 e. The van der Waals surface area contributed by atoms with Crippen molar-refractivity contribution in [2.45, 2.75) is 44.0 Å². The molecule has 1 aliphatic rings. The molecule has 0 bridgehead atoms. The van der Waals surface area contributed by atoms with Gasteiger partial charge in [0.1, 0.15) is 0 Å². The molecular weight excluding hydrogens is 336 g/mol. The number of hydrogen-bond acceptors (Lipinski definition) is 3. The Labute approximate surface area is 148 Å². The van der Waals surface area contributed by atoms with Crippen molar-refractivity contribution in [2.24, 2.45) is 0 Å². The first-order chi connectivity index (χ1) is 11.8. The van der Waals surface area contributed by atoms with Crippen LogP contribution in [-0.2, 0) is 27.7 Å². The van der Waals surface area contributed by atoms with Gasteiger partial charge >= 0.3 is 0 Å². The lowest BCUT2D eigenvalue weighted by molar-refractivity contribution is -0.114. The average molecular weight is 358 g/mol. The van der Waals surface area contributed by atoms with Crippen LogP contribution >= 0.6 is 0 Å². The van der Waals surface area contributed by atoms with Crippen LogP contribution < -0.4 is 10.0 Å². The van der Waals surface area contributed by atoms with Gasteiger partial charge in [-0.05, 0) is 67.1 Å². The molecule has 6 heteroatoms. The predicted molar refractivity (Wildman–Crippen MR) is 97.9 cm³/mol. The predicted octanol–water partition coefficient (Wildman–Crippen LogP) is 3.17. The van der Waals surface area contributed by atoms with Gasteiger partial charge in [-0.1, -0.05) is 18.2 Å². The summed E-state index contributed by atoms with van der Waals surface area (Å²) in [5.41, 5.74) is 4.23. The summed E-state index contributed by atoms with van der Waals surface area (Å²) in [4.78, 5) is 11.2. The van der Waals surface area contributed by atoms with Crippen LogP contribution in [-0.4, -0.2) is 14.3 Å². The van der Waals surface area contributed by atoms with E-state index < -0.39 is 10.0 Å². The zero-order valence-corrected chi connectivity index (χ0v) is 15.2. The molecule has 1 atom stereocenters. The second-order valence-corrected chi connectivity index (χ2v) is 8.14. The third-order valence-corrected chi connectivity index (χ3v) is 6.00. The number of carbonyl (C=O) groups is 1. The standard InChI is InChI=1S/C19H22N2O3S/c1-13(16-7-6-15-4-3-5-17(15)12-16)21-25(23,24)19-10-8-18(9-11-19)20-14(2)22/h6-13,21H,3-5H2,1-2H3,(H,20,22)/t13-/m1/s1. The number of amides is 1. The highest BCUT2D eigenvalue weighted by Crippen LogP contribution is 2.26. The van der Waals surface area contributed by atoms with Gasteiger partial charge in [-0.25, -0.2) is 13.1 Å². The summed E-state index contributed by atoms with van der Waals surface area (Å²) in [5.74, 6) is -0.195. The number of rotatable bonds is 5. The molecule has 0 unspecified atom stereocenters. The number of fused-ring (bicyclic) bond motifs is 1. The molecule has 25 heavy (non-hydrogen) atoms. The number of hydrogen-bond donors (Lipinski definition) is 2. The van der Waals surface area contributed by atoms with Crippen molar-refractivity contribution in [1.29, 1.82) is 0 Å². The van der Waals surface area contributed by atoms with Crippen LogP contribution in [0.2, 0.25) is 0 Å². The molecule has 132 valence electrons. The SMILES string of the molecule is CC(=O)Nc1ccc(S(=O)(=O)N[C@H](C)c2ccc3c(c2)CCC3)cc1. The molecule has 1 aliphatic carbocycles.